The summed E-state index contributed by atoms with van der Waals surface area (Å²) in [7, 11) is 1.63. The summed E-state index contributed by atoms with van der Waals surface area (Å²) >= 11 is 0. The maximum absolute atomic E-state index is 11.9. The van der Waals surface area contributed by atoms with Gasteiger partial charge in [0.1, 0.15) is 5.52 Å². The third-order valence-electron chi connectivity index (χ3n) is 4.13. The smallest absolute Gasteiger partial charge is 0.313 e. The van der Waals surface area contributed by atoms with Gasteiger partial charge in [0.2, 0.25) is 5.89 Å². The number of nitrogens with zero attached hydrogens (tertiary/aromatic N) is 1. The molecule has 0 aliphatic carbocycles. The largest absolute Gasteiger partial charge is 0.466 e. The molecule has 0 fully saturated rings. The van der Waals surface area contributed by atoms with Gasteiger partial charge in [-0.15, -0.1) is 0 Å². The van der Waals surface area contributed by atoms with Crippen molar-refractivity contribution in [2.75, 3.05) is 13.7 Å². The van der Waals surface area contributed by atoms with Gasteiger partial charge in [-0.25, -0.2) is 4.98 Å². The van der Waals surface area contributed by atoms with Gasteiger partial charge in [-0.3, -0.25) is 4.79 Å². The lowest BCUT2D eigenvalue weighted by Gasteiger charge is -2.11. The first kappa shape index (κ1) is 17.2. The Morgan fingerprint density at radius 2 is 1.92 bits per heavy atom. The summed E-state index contributed by atoms with van der Waals surface area (Å²) < 4.78 is 16.5. The zero-order valence-corrected chi connectivity index (χ0v) is 14.6. The topological polar surface area (TPSA) is 61.6 Å². The van der Waals surface area contributed by atoms with E-state index in [2.05, 4.69) is 4.98 Å². The fourth-order valence-corrected chi connectivity index (χ4v) is 2.75. The van der Waals surface area contributed by atoms with Gasteiger partial charge in [-0.05, 0) is 37.1 Å². The molecule has 1 aromatic heterocycles. The average molecular weight is 339 g/mol. The Labute approximate surface area is 146 Å². The Balaban J connectivity index is 1.93. The summed E-state index contributed by atoms with van der Waals surface area (Å²) in [4.78, 5) is 16.5. The van der Waals surface area contributed by atoms with E-state index in [9.17, 15) is 4.79 Å². The second kappa shape index (κ2) is 7.49. The lowest BCUT2D eigenvalue weighted by atomic mass is 10.0. The Hall–Kier alpha value is -2.66. The zero-order chi connectivity index (χ0) is 17.8. The quantitative estimate of drug-likeness (QED) is 0.629. The third-order valence-corrected chi connectivity index (χ3v) is 4.13. The minimum atomic E-state index is -0.375. The standard InChI is InChI=1S/C20H21NO4/c1-4-24-20(22)13(2)15-10-11-17-16(12-15)21-19(25-17)18(23-3)14-8-6-5-7-9-14/h5-13,18H,4H2,1-3H3. The molecular weight excluding hydrogens is 318 g/mol. The van der Waals surface area contributed by atoms with Crippen molar-refractivity contribution in [2.45, 2.75) is 25.9 Å². The van der Waals surface area contributed by atoms with Gasteiger partial charge in [-0.1, -0.05) is 36.4 Å². The molecule has 2 unspecified atom stereocenters. The van der Waals surface area contributed by atoms with Crippen molar-refractivity contribution in [2.24, 2.45) is 0 Å². The van der Waals surface area contributed by atoms with Gasteiger partial charge >= 0.3 is 5.97 Å². The fraction of sp³-hybridized carbons (Fsp3) is 0.300. The number of benzene rings is 2. The number of fused-ring (bicyclic) bond motifs is 1. The fourth-order valence-electron chi connectivity index (χ4n) is 2.75. The van der Waals surface area contributed by atoms with E-state index < -0.39 is 0 Å². The Kier molecular flexibility index (Phi) is 5.14. The molecule has 2 atom stereocenters. The highest BCUT2D eigenvalue weighted by Crippen LogP contribution is 2.29. The Bertz CT molecular complexity index is 857. The highest BCUT2D eigenvalue weighted by molar-refractivity contribution is 5.81. The first-order chi connectivity index (χ1) is 12.1. The van der Waals surface area contributed by atoms with Crippen LogP contribution in [-0.4, -0.2) is 24.7 Å². The van der Waals surface area contributed by atoms with Crippen LogP contribution in [0, 0.1) is 0 Å². The molecule has 5 heteroatoms. The number of ether oxygens (including phenoxy) is 2. The molecule has 25 heavy (non-hydrogen) atoms. The summed E-state index contributed by atoms with van der Waals surface area (Å²) in [6.07, 6.45) is -0.375. The van der Waals surface area contributed by atoms with E-state index in [1.807, 2.05) is 55.5 Å². The zero-order valence-electron chi connectivity index (χ0n) is 14.6. The number of esters is 1. The summed E-state index contributed by atoms with van der Waals surface area (Å²) in [6.45, 7) is 3.99. The number of carbonyl (C=O) groups is 1. The highest BCUT2D eigenvalue weighted by atomic mass is 16.5. The van der Waals surface area contributed by atoms with E-state index in [-0.39, 0.29) is 18.0 Å². The minimum absolute atomic E-state index is 0.246. The molecule has 0 saturated carbocycles. The van der Waals surface area contributed by atoms with Crippen LogP contribution in [0.2, 0.25) is 0 Å². The number of methoxy groups -OCH3 is 1. The van der Waals surface area contributed by atoms with E-state index in [1.54, 1.807) is 14.0 Å². The maximum Gasteiger partial charge on any atom is 0.313 e. The van der Waals surface area contributed by atoms with Crippen LogP contribution < -0.4 is 0 Å². The van der Waals surface area contributed by atoms with Crippen molar-refractivity contribution in [3.8, 4) is 0 Å². The van der Waals surface area contributed by atoms with Crippen molar-refractivity contribution in [1.82, 2.24) is 4.98 Å². The van der Waals surface area contributed by atoms with Crippen LogP contribution in [0.4, 0.5) is 0 Å². The van der Waals surface area contributed by atoms with Gasteiger partial charge in [0.05, 0.1) is 12.5 Å². The summed E-state index contributed by atoms with van der Waals surface area (Å²) in [6, 6.07) is 15.3. The minimum Gasteiger partial charge on any atom is -0.466 e. The molecule has 0 N–H and O–H groups in total. The van der Waals surface area contributed by atoms with E-state index in [0.717, 1.165) is 11.1 Å². The number of carbonyl (C=O) groups excluding carboxylic acids is 1. The van der Waals surface area contributed by atoms with Crippen molar-refractivity contribution in [3.63, 3.8) is 0 Å². The molecule has 130 valence electrons. The normalized spacial score (nSPS) is 13.6. The van der Waals surface area contributed by atoms with Crippen LogP contribution >= 0.6 is 0 Å². The van der Waals surface area contributed by atoms with E-state index in [0.29, 0.717) is 23.6 Å². The third kappa shape index (κ3) is 3.56. The summed E-state index contributed by atoms with van der Waals surface area (Å²) in [5, 5.41) is 0. The highest BCUT2D eigenvalue weighted by Gasteiger charge is 2.21. The lowest BCUT2D eigenvalue weighted by molar-refractivity contribution is -0.144. The molecule has 3 aromatic rings. The Morgan fingerprint density at radius 3 is 2.60 bits per heavy atom. The van der Waals surface area contributed by atoms with Crippen molar-refractivity contribution in [3.05, 3.63) is 65.5 Å². The van der Waals surface area contributed by atoms with Crippen LogP contribution in [0.5, 0.6) is 0 Å². The molecular formula is C20H21NO4. The molecule has 0 spiro atoms. The van der Waals surface area contributed by atoms with Crippen LogP contribution in [-0.2, 0) is 14.3 Å². The molecule has 0 bridgehead atoms. The van der Waals surface area contributed by atoms with Crippen molar-refractivity contribution < 1.29 is 18.7 Å². The van der Waals surface area contributed by atoms with E-state index in [1.165, 1.54) is 0 Å². The van der Waals surface area contributed by atoms with Crippen LogP contribution in [0.1, 0.15) is 42.9 Å². The van der Waals surface area contributed by atoms with E-state index in [4.69, 9.17) is 13.9 Å². The number of oxazole rings is 1. The van der Waals surface area contributed by atoms with Crippen molar-refractivity contribution >= 4 is 17.1 Å². The summed E-state index contributed by atoms with van der Waals surface area (Å²) in [5.41, 5.74) is 3.17. The molecule has 0 radical (unpaired) electrons. The van der Waals surface area contributed by atoms with Crippen LogP contribution in [0.15, 0.2) is 52.9 Å². The molecule has 0 aliphatic rings. The molecule has 1 heterocycles. The predicted octanol–water partition coefficient (Wildman–Crippen LogP) is 4.23. The second-order valence-electron chi connectivity index (χ2n) is 5.78. The number of rotatable bonds is 6. The monoisotopic (exact) mass is 339 g/mol. The average Bonchev–Trinajstić information content (AvgIpc) is 3.05. The number of hydrogen-bond donors (Lipinski definition) is 0. The van der Waals surface area contributed by atoms with Crippen molar-refractivity contribution in [1.29, 1.82) is 0 Å². The maximum atomic E-state index is 11.9. The van der Waals surface area contributed by atoms with Gasteiger partial charge in [0, 0.05) is 7.11 Å². The van der Waals surface area contributed by atoms with E-state index >= 15 is 0 Å². The van der Waals surface area contributed by atoms with Gasteiger partial charge in [0.25, 0.3) is 0 Å². The second-order valence-corrected chi connectivity index (χ2v) is 5.78. The SMILES string of the molecule is CCOC(=O)C(C)c1ccc2oc(C(OC)c3ccccc3)nc2c1. The van der Waals surface area contributed by atoms with Crippen LogP contribution in [0.3, 0.4) is 0 Å². The Morgan fingerprint density at radius 1 is 1.16 bits per heavy atom. The molecule has 0 amide bonds. The lowest BCUT2D eigenvalue weighted by Crippen LogP contribution is -2.12. The first-order valence-corrected chi connectivity index (χ1v) is 8.28. The summed E-state index contributed by atoms with van der Waals surface area (Å²) in [5.74, 6) is -0.105. The molecule has 0 aliphatic heterocycles. The predicted molar refractivity (Wildman–Crippen MR) is 94.4 cm³/mol. The molecule has 5 nitrogen and oxygen atoms in total. The number of hydrogen-bond acceptors (Lipinski definition) is 5. The number of aromatic nitrogens is 1. The molecule has 2 aromatic carbocycles. The van der Waals surface area contributed by atoms with Gasteiger partial charge in [-0.2, -0.15) is 0 Å². The van der Waals surface area contributed by atoms with Gasteiger partial charge < -0.3 is 13.9 Å². The molecule has 3 rings (SSSR count). The first-order valence-electron chi connectivity index (χ1n) is 8.28. The molecule has 0 saturated heterocycles. The van der Waals surface area contributed by atoms with Crippen LogP contribution in [0.25, 0.3) is 11.1 Å². The van der Waals surface area contributed by atoms with Gasteiger partial charge in [0.15, 0.2) is 11.7 Å².